The summed E-state index contributed by atoms with van der Waals surface area (Å²) in [4.78, 5) is 36.8. The minimum atomic E-state index is -1.08. The molecule has 2 aromatic carbocycles. The fourth-order valence-electron chi connectivity index (χ4n) is 2.35. The van der Waals surface area contributed by atoms with E-state index in [-0.39, 0.29) is 11.3 Å². The van der Waals surface area contributed by atoms with Crippen LogP contribution in [0.5, 0.6) is 0 Å². The molecule has 0 bridgehead atoms. The molecular formula is C19H21N3O5. The lowest BCUT2D eigenvalue weighted by atomic mass is 10.1. The zero-order chi connectivity index (χ0) is 20.1. The zero-order valence-corrected chi connectivity index (χ0v) is 15.6. The van der Waals surface area contributed by atoms with Crippen molar-refractivity contribution in [1.82, 2.24) is 0 Å². The lowest BCUT2D eigenvalue weighted by Gasteiger charge is -2.18. The summed E-state index contributed by atoms with van der Waals surface area (Å²) in [6.45, 7) is 3.37. The van der Waals surface area contributed by atoms with Gasteiger partial charge in [0.05, 0.1) is 16.2 Å². The van der Waals surface area contributed by atoms with Gasteiger partial charge in [-0.05, 0) is 32.0 Å². The number of nitrogens with zero attached hydrogens (tertiary/aromatic N) is 2. The van der Waals surface area contributed by atoms with E-state index in [2.05, 4.69) is 5.32 Å². The van der Waals surface area contributed by atoms with Gasteiger partial charge in [-0.2, -0.15) is 0 Å². The van der Waals surface area contributed by atoms with E-state index in [1.54, 1.807) is 31.1 Å². The number of anilines is 2. The van der Waals surface area contributed by atoms with Crippen molar-refractivity contribution in [2.45, 2.75) is 20.0 Å². The number of ether oxygens (including phenoxy) is 1. The second-order valence-electron chi connectivity index (χ2n) is 6.26. The molecular weight excluding hydrogens is 350 g/mol. The molecule has 0 aliphatic carbocycles. The van der Waals surface area contributed by atoms with Crippen molar-refractivity contribution in [2.24, 2.45) is 0 Å². The van der Waals surface area contributed by atoms with E-state index in [9.17, 15) is 19.7 Å². The Balaban J connectivity index is 2.15. The number of nitro groups is 1. The molecule has 0 radical (unpaired) electrons. The van der Waals surface area contributed by atoms with Gasteiger partial charge in [-0.15, -0.1) is 0 Å². The first-order chi connectivity index (χ1) is 12.7. The Kier molecular flexibility index (Phi) is 6.12. The number of amides is 1. The van der Waals surface area contributed by atoms with Crippen LogP contribution >= 0.6 is 0 Å². The summed E-state index contributed by atoms with van der Waals surface area (Å²) < 4.78 is 5.22. The Morgan fingerprint density at radius 1 is 1.15 bits per heavy atom. The van der Waals surface area contributed by atoms with E-state index in [1.807, 2.05) is 19.1 Å². The first-order valence-corrected chi connectivity index (χ1v) is 8.23. The molecule has 8 heteroatoms. The monoisotopic (exact) mass is 371 g/mol. The van der Waals surface area contributed by atoms with Crippen molar-refractivity contribution < 1.29 is 19.2 Å². The molecule has 0 spiro atoms. The molecule has 0 saturated carbocycles. The number of carbonyl (C=O) groups is 2. The van der Waals surface area contributed by atoms with Gasteiger partial charge in [-0.1, -0.05) is 17.7 Å². The van der Waals surface area contributed by atoms with Crippen molar-refractivity contribution >= 4 is 28.9 Å². The Hall–Kier alpha value is -3.42. The second-order valence-corrected chi connectivity index (χ2v) is 6.26. The molecule has 0 aliphatic rings. The van der Waals surface area contributed by atoms with Crippen LogP contribution in [-0.4, -0.2) is 37.0 Å². The van der Waals surface area contributed by atoms with Gasteiger partial charge in [-0.25, -0.2) is 4.79 Å². The van der Waals surface area contributed by atoms with Crippen molar-refractivity contribution in [3.05, 3.63) is 63.7 Å². The molecule has 0 heterocycles. The van der Waals surface area contributed by atoms with Gasteiger partial charge in [-0.3, -0.25) is 14.9 Å². The summed E-state index contributed by atoms with van der Waals surface area (Å²) in [5, 5.41) is 13.6. The van der Waals surface area contributed by atoms with Crippen LogP contribution in [0.15, 0.2) is 42.5 Å². The molecule has 142 valence electrons. The van der Waals surface area contributed by atoms with Crippen LogP contribution in [-0.2, 0) is 9.53 Å². The highest BCUT2D eigenvalue weighted by molar-refractivity contribution is 6.00. The minimum absolute atomic E-state index is 0.0178. The van der Waals surface area contributed by atoms with Gasteiger partial charge >= 0.3 is 5.97 Å². The first kappa shape index (κ1) is 19.9. The number of nitro benzene ring substituents is 1. The number of carbonyl (C=O) groups excluding carboxylic acids is 2. The molecule has 0 unspecified atom stereocenters. The summed E-state index contributed by atoms with van der Waals surface area (Å²) in [5.41, 5.74) is 1.87. The molecule has 1 amide bonds. The van der Waals surface area contributed by atoms with Gasteiger partial charge < -0.3 is 15.0 Å². The molecule has 0 aromatic heterocycles. The number of hydrogen-bond donors (Lipinski definition) is 1. The smallest absolute Gasteiger partial charge is 0.341 e. The van der Waals surface area contributed by atoms with Crippen LogP contribution in [0.1, 0.15) is 22.8 Å². The summed E-state index contributed by atoms with van der Waals surface area (Å²) >= 11 is 0. The van der Waals surface area contributed by atoms with Crippen molar-refractivity contribution in [1.29, 1.82) is 0 Å². The topological polar surface area (TPSA) is 102 Å². The molecule has 8 nitrogen and oxygen atoms in total. The standard InChI is InChI=1S/C19H21N3O5/c1-12-5-7-14(8-6-12)20-18(23)13(2)27-19(24)16-11-15(22(25)26)9-10-17(16)21(3)4/h5-11,13H,1-4H3,(H,20,23)/t13-/m1/s1. The van der Waals surface area contributed by atoms with E-state index in [4.69, 9.17) is 4.74 Å². The fourth-order valence-corrected chi connectivity index (χ4v) is 2.35. The molecule has 2 rings (SSSR count). The second kappa shape index (κ2) is 8.31. The predicted octanol–water partition coefficient (Wildman–Crippen LogP) is 3.15. The number of aryl methyl sites for hydroxylation is 1. The largest absolute Gasteiger partial charge is 0.449 e. The van der Waals surface area contributed by atoms with Crippen LogP contribution in [0.25, 0.3) is 0 Å². The quantitative estimate of drug-likeness (QED) is 0.475. The van der Waals surface area contributed by atoms with Crippen molar-refractivity contribution in [3.8, 4) is 0 Å². The summed E-state index contributed by atoms with van der Waals surface area (Å²) in [7, 11) is 3.40. The van der Waals surface area contributed by atoms with Gasteiger partial charge in [0.25, 0.3) is 11.6 Å². The predicted molar refractivity (Wildman–Crippen MR) is 102 cm³/mol. The molecule has 27 heavy (non-hydrogen) atoms. The maximum absolute atomic E-state index is 12.5. The summed E-state index contributed by atoms with van der Waals surface area (Å²) in [6.07, 6.45) is -1.08. The van der Waals surface area contributed by atoms with E-state index in [0.29, 0.717) is 11.4 Å². The van der Waals surface area contributed by atoms with Crippen LogP contribution in [0.2, 0.25) is 0 Å². The molecule has 1 atom stereocenters. The Labute approximate surface area is 156 Å². The fraction of sp³-hybridized carbons (Fsp3) is 0.263. The third-order valence-electron chi connectivity index (χ3n) is 3.86. The van der Waals surface area contributed by atoms with E-state index in [0.717, 1.165) is 11.6 Å². The number of non-ortho nitro benzene ring substituents is 1. The molecule has 2 aromatic rings. The Morgan fingerprint density at radius 3 is 2.33 bits per heavy atom. The highest BCUT2D eigenvalue weighted by Crippen LogP contribution is 2.25. The Bertz CT molecular complexity index is 862. The van der Waals surface area contributed by atoms with E-state index < -0.39 is 22.9 Å². The average Bonchev–Trinajstić information content (AvgIpc) is 2.62. The molecule has 1 N–H and O–H groups in total. The van der Waals surface area contributed by atoms with E-state index in [1.165, 1.54) is 19.1 Å². The van der Waals surface area contributed by atoms with Crippen LogP contribution < -0.4 is 10.2 Å². The van der Waals surface area contributed by atoms with Crippen LogP contribution in [0.3, 0.4) is 0 Å². The highest BCUT2D eigenvalue weighted by atomic mass is 16.6. The van der Waals surface area contributed by atoms with Crippen molar-refractivity contribution in [3.63, 3.8) is 0 Å². The zero-order valence-electron chi connectivity index (χ0n) is 15.6. The number of nitrogens with one attached hydrogen (secondary N) is 1. The normalized spacial score (nSPS) is 11.4. The third-order valence-corrected chi connectivity index (χ3v) is 3.86. The van der Waals surface area contributed by atoms with Crippen molar-refractivity contribution in [2.75, 3.05) is 24.3 Å². The van der Waals surface area contributed by atoms with E-state index >= 15 is 0 Å². The molecule has 0 aliphatic heterocycles. The number of esters is 1. The first-order valence-electron chi connectivity index (χ1n) is 8.23. The van der Waals surface area contributed by atoms with Gasteiger partial charge in [0.2, 0.25) is 0 Å². The highest BCUT2D eigenvalue weighted by Gasteiger charge is 2.23. The van der Waals surface area contributed by atoms with Gasteiger partial charge in [0.15, 0.2) is 6.10 Å². The maximum Gasteiger partial charge on any atom is 0.341 e. The lowest BCUT2D eigenvalue weighted by molar-refractivity contribution is -0.384. The number of rotatable bonds is 6. The molecule has 0 saturated heterocycles. The minimum Gasteiger partial charge on any atom is -0.449 e. The van der Waals surface area contributed by atoms with Gasteiger partial charge in [0, 0.05) is 31.9 Å². The number of benzene rings is 2. The molecule has 0 fully saturated rings. The summed E-state index contributed by atoms with van der Waals surface area (Å²) in [5.74, 6) is -1.31. The number of hydrogen-bond acceptors (Lipinski definition) is 6. The SMILES string of the molecule is Cc1ccc(NC(=O)[C@@H](C)OC(=O)c2cc([N+](=O)[O-])ccc2N(C)C)cc1. The maximum atomic E-state index is 12.5. The summed E-state index contributed by atoms with van der Waals surface area (Å²) in [6, 6.07) is 11.1. The Morgan fingerprint density at radius 2 is 1.78 bits per heavy atom. The lowest BCUT2D eigenvalue weighted by Crippen LogP contribution is -2.30. The van der Waals surface area contributed by atoms with Crippen LogP contribution in [0.4, 0.5) is 17.1 Å². The van der Waals surface area contributed by atoms with Crippen LogP contribution in [0, 0.1) is 17.0 Å². The third kappa shape index (κ3) is 5.04. The average molecular weight is 371 g/mol. The van der Waals surface area contributed by atoms with Gasteiger partial charge in [0.1, 0.15) is 0 Å².